The molecule has 0 radical (unpaired) electrons. The number of fused-ring (bicyclic) bond motifs is 1. The van der Waals surface area contributed by atoms with Gasteiger partial charge in [0.25, 0.3) is 0 Å². The van der Waals surface area contributed by atoms with Crippen molar-refractivity contribution in [2.75, 3.05) is 0 Å². The normalized spacial score (nSPS) is 13.6. The van der Waals surface area contributed by atoms with Crippen molar-refractivity contribution in [3.8, 4) is 5.75 Å². The summed E-state index contributed by atoms with van der Waals surface area (Å²) in [5.74, 6) is 0.862. The van der Waals surface area contributed by atoms with Crippen LogP contribution in [-0.4, -0.2) is 16.6 Å². The van der Waals surface area contributed by atoms with Crippen LogP contribution in [0.4, 0.5) is 0 Å². The van der Waals surface area contributed by atoms with E-state index in [1.807, 2.05) is 37.3 Å². The topological polar surface area (TPSA) is 48.1 Å². The van der Waals surface area contributed by atoms with E-state index in [0.717, 1.165) is 23.1 Å². The van der Waals surface area contributed by atoms with Crippen molar-refractivity contribution in [1.29, 1.82) is 0 Å². The van der Waals surface area contributed by atoms with Gasteiger partial charge in [-0.05, 0) is 45.0 Å². The summed E-state index contributed by atoms with van der Waals surface area (Å²) in [4.78, 5) is 4.29. The van der Waals surface area contributed by atoms with Crippen LogP contribution in [0.5, 0.6) is 5.75 Å². The standard InChI is InChI=1S/C15H20N2O/c1-11(16)10-15(2,3)18-13-6-7-14-12(9-13)5-4-8-17-14/h4-9,11H,10,16H2,1-3H3. The van der Waals surface area contributed by atoms with Crippen molar-refractivity contribution in [3.63, 3.8) is 0 Å². The summed E-state index contributed by atoms with van der Waals surface area (Å²) in [6, 6.07) is 10.0. The maximum atomic E-state index is 6.01. The molecule has 18 heavy (non-hydrogen) atoms. The Morgan fingerprint density at radius 1 is 1.33 bits per heavy atom. The second-order valence-corrected chi connectivity index (χ2v) is 5.40. The zero-order valence-electron chi connectivity index (χ0n) is 11.2. The van der Waals surface area contributed by atoms with Gasteiger partial charge in [-0.25, -0.2) is 0 Å². The molecule has 0 saturated carbocycles. The van der Waals surface area contributed by atoms with Gasteiger partial charge >= 0.3 is 0 Å². The van der Waals surface area contributed by atoms with E-state index in [-0.39, 0.29) is 11.6 Å². The van der Waals surface area contributed by atoms with Gasteiger partial charge in [0.15, 0.2) is 0 Å². The van der Waals surface area contributed by atoms with E-state index in [1.165, 1.54) is 0 Å². The molecule has 0 bridgehead atoms. The Labute approximate surface area is 108 Å². The largest absolute Gasteiger partial charge is 0.488 e. The van der Waals surface area contributed by atoms with E-state index in [0.29, 0.717) is 0 Å². The Bertz CT molecular complexity index is 535. The molecule has 0 aliphatic carbocycles. The lowest BCUT2D eigenvalue weighted by Crippen LogP contribution is -2.35. The quantitative estimate of drug-likeness (QED) is 0.898. The number of hydrogen-bond donors (Lipinski definition) is 1. The van der Waals surface area contributed by atoms with Gasteiger partial charge < -0.3 is 10.5 Å². The highest BCUT2D eigenvalue weighted by atomic mass is 16.5. The second-order valence-electron chi connectivity index (χ2n) is 5.40. The molecule has 0 amide bonds. The highest BCUT2D eigenvalue weighted by Gasteiger charge is 2.21. The molecule has 0 spiro atoms. The number of nitrogens with two attached hydrogens (primary N) is 1. The fraction of sp³-hybridized carbons (Fsp3) is 0.400. The lowest BCUT2D eigenvalue weighted by molar-refractivity contribution is 0.0935. The third kappa shape index (κ3) is 3.20. The van der Waals surface area contributed by atoms with Crippen LogP contribution in [-0.2, 0) is 0 Å². The fourth-order valence-corrected chi connectivity index (χ4v) is 2.25. The maximum absolute atomic E-state index is 6.01. The first-order chi connectivity index (χ1) is 8.46. The highest BCUT2D eigenvalue weighted by Crippen LogP contribution is 2.25. The van der Waals surface area contributed by atoms with Crippen LogP contribution >= 0.6 is 0 Å². The lowest BCUT2D eigenvalue weighted by atomic mass is 10.0. The van der Waals surface area contributed by atoms with Gasteiger partial charge in [0, 0.05) is 24.0 Å². The first kappa shape index (κ1) is 12.8. The molecule has 3 nitrogen and oxygen atoms in total. The third-order valence-electron chi connectivity index (χ3n) is 2.78. The van der Waals surface area contributed by atoms with Crippen LogP contribution in [0, 0.1) is 0 Å². The number of nitrogens with zero attached hydrogens (tertiary/aromatic N) is 1. The van der Waals surface area contributed by atoms with Crippen molar-refractivity contribution in [3.05, 3.63) is 36.5 Å². The summed E-state index contributed by atoms with van der Waals surface area (Å²) in [5, 5.41) is 1.09. The zero-order chi connectivity index (χ0) is 13.2. The second kappa shape index (κ2) is 4.94. The van der Waals surface area contributed by atoms with E-state index in [9.17, 15) is 0 Å². The molecule has 0 aliphatic rings. The maximum Gasteiger partial charge on any atom is 0.120 e. The Balaban J connectivity index is 2.21. The van der Waals surface area contributed by atoms with Gasteiger partial charge in [-0.1, -0.05) is 6.07 Å². The minimum absolute atomic E-state index is 0.127. The average molecular weight is 244 g/mol. The van der Waals surface area contributed by atoms with Crippen LogP contribution in [0.3, 0.4) is 0 Å². The minimum atomic E-state index is -0.260. The predicted molar refractivity (Wildman–Crippen MR) is 74.7 cm³/mol. The van der Waals surface area contributed by atoms with E-state index < -0.39 is 0 Å². The van der Waals surface area contributed by atoms with Crippen molar-refractivity contribution >= 4 is 10.9 Å². The van der Waals surface area contributed by atoms with Crippen molar-refractivity contribution in [2.45, 2.75) is 38.8 Å². The van der Waals surface area contributed by atoms with E-state index >= 15 is 0 Å². The summed E-state index contributed by atoms with van der Waals surface area (Å²) in [6.45, 7) is 6.11. The number of pyridine rings is 1. The summed E-state index contributed by atoms with van der Waals surface area (Å²) >= 11 is 0. The van der Waals surface area contributed by atoms with Crippen LogP contribution in [0.1, 0.15) is 27.2 Å². The van der Waals surface area contributed by atoms with E-state index in [1.54, 1.807) is 6.20 Å². The van der Waals surface area contributed by atoms with Crippen LogP contribution < -0.4 is 10.5 Å². The van der Waals surface area contributed by atoms with Gasteiger partial charge in [0.05, 0.1) is 5.52 Å². The van der Waals surface area contributed by atoms with Gasteiger partial charge in [-0.2, -0.15) is 0 Å². The monoisotopic (exact) mass is 244 g/mol. The molecular formula is C15H20N2O. The minimum Gasteiger partial charge on any atom is -0.488 e. The van der Waals surface area contributed by atoms with Gasteiger partial charge in [0.2, 0.25) is 0 Å². The number of rotatable bonds is 4. The molecule has 96 valence electrons. The summed E-state index contributed by atoms with van der Waals surface area (Å²) < 4.78 is 6.01. The zero-order valence-corrected chi connectivity index (χ0v) is 11.2. The van der Waals surface area contributed by atoms with Gasteiger partial charge in [0.1, 0.15) is 11.4 Å². The molecule has 2 aromatic rings. The molecular weight excluding hydrogens is 224 g/mol. The number of hydrogen-bond acceptors (Lipinski definition) is 3. The molecule has 1 atom stereocenters. The predicted octanol–water partition coefficient (Wildman–Crippen LogP) is 3.13. The van der Waals surface area contributed by atoms with Crippen LogP contribution in [0.15, 0.2) is 36.5 Å². The molecule has 0 fully saturated rings. The van der Waals surface area contributed by atoms with Crippen molar-refractivity contribution < 1.29 is 4.74 Å². The number of ether oxygens (including phenoxy) is 1. The first-order valence-electron chi connectivity index (χ1n) is 6.26. The van der Waals surface area contributed by atoms with Gasteiger partial charge in [-0.15, -0.1) is 0 Å². The molecule has 3 heteroatoms. The van der Waals surface area contributed by atoms with Crippen LogP contribution in [0.2, 0.25) is 0 Å². The molecule has 2 N–H and O–H groups in total. The number of benzene rings is 1. The molecule has 1 aromatic heterocycles. The molecule has 1 aromatic carbocycles. The van der Waals surface area contributed by atoms with Crippen molar-refractivity contribution in [1.82, 2.24) is 4.98 Å². The summed E-state index contributed by atoms with van der Waals surface area (Å²) in [6.07, 6.45) is 2.61. The smallest absolute Gasteiger partial charge is 0.120 e. The molecule has 1 heterocycles. The highest BCUT2D eigenvalue weighted by molar-refractivity contribution is 5.79. The lowest BCUT2D eigenvalue weighted by Gasteiger charge is -2.28. The first-order valence-corrected chi connectivity index (χ1v) is 6.26. The Hall–Kier alpha value is -1.61. The molecule has 0 saturated heterocycles. The Morgan fingerprint density at radius 3 is 2.83 bits per heavy atom. The molecule has 0 aliphatic heterocycles. The number of aromatic nitrogens is 1. The molecule has 2 rings (SSSR count). The fourth-order valence-electron chi connectivity index (χ4n) is 2.25. The SMILES string of the molecule is CC(N)CC(C)(C)Oc1ccc2ncccc2c1. The van der Waals surface area contributed by atoms with Crippen LogP contribution in [0.25, 0.3) is 10.9 Å². The van der Waals surface area contributed by atoms with E-state index in [2.05, 4.69) is 18.8 Å². The summed E-state index contributed by atoms with van der Waals surface area (Å²) in [5.41, 5.74) is 6.55. The summed E-state index contributed by atoms with van der Waals surface area (Å²) in [7, 11) is 0. The molecule has 1 unspecified atom stereocenters. The average Bonchev–Trinajstić information content (AvgIpc) is 2.26. The Morgan fingerprint density at radius 2 is 2.11 bits per heavy atom. The third-order valence-corrected chi connectivity index (χ3v) is 2.78. The van der Waals surface area contributed by atoms with Gasteiger partial charge in [-0.3, -0.25) is 4.98 Å². The van der Waals surface area contributed by atoms with E-state index in [4.69, 9.17) is 10.5 Å². The van der Waals surface area contributed by atoms with Crippen molar-refractivity contribution in [2.24, 2.45) is 5.73 Å². The Kier molecular flexibility index (Phi) is 3.53.